The summed E-state index contributed by atoms with van der Waals surface area (Å²) in [5.41, 5.74) is 11.4. The lowest BCUT2D eigenvalue weighted by molar-refractivity contribution is 0.209. The van der Waals surface area contributed by atoms with E-state index in [1.165, 1.54) is 18.2 Å². The van der Waals surface area contributed by atoms with Gasteiger partial charge in [-0.2, -0.15) is 5.10 Å². The number of amides is 1. The molecule has 0 unspecified atom stereocenters. The summed E-state index contributed by atoms with van der Waals surface area (Å²) in [7, 11) is 0. The minimum absolute atomic E-state index is 0.00610. The Kier molecular flexibility index (Phi) is 4.81. The number of aromatic nitrogens is 4. The Bertz CT molecular complexity index is 1320. The maximum absolute atomic E-state index is 14.6. The summed E-state index contributed by atoms with van der Waals surface area (Å²) in [4.78, 5) is 18.8. The van der Waals surface area contributed by atoms with Crippen molar-refractivity contribution in [3.63, 3.8) is 0 Å². The molecule has 0 saturated heterocycles. The SMILES string of the molecule is Nc1nc(-c2nn(Cc3ccccc3F)c3c(F)cc(F)cc23)nc(N)c1NC(=O)O. The van der Waals surface area contributed by atoms with E-state index in [1.54, 1.807) is 6.07 Å². The molecule has 1 amide bonds. The third-order valence-electron chi connectivity index (χ3n) is 4.45. The molecule has 2 aromatic carbocycles. The first-order valence-corrected chi connectivity index (χ1v) is 8.77. The zero-order valence-corrected chi connectivity index (χ0v) is 15.6. The molecule has 31 heavy (non-hydrogen) atoms. The third-order valence-corrected chi connectivity index (χ3v) is 4.45. The van der Waals surface area contributed by atoms with Crippen molar-refractivity contribution < 1.29 is 23.1 Å². The molecule has 2 aromatic heterocycles. The van der Waals surface area contributed by atoms with Crippen LogP contribution in [0.5, 0.6) is 0 Å². The fraction of sp³-hybridized carbons (Fsp3) is 0.0526. The number of halogens is 3. The van der Waals surface area contributed by atoms with E-state index in [1.807, 2.05) is 5.32 Å². The number of anilines is 3. The minimum Gasteiger partial charge on any atom is -0.465 e. The van der Waals surface area contributed by atoms with Gasteiger partial charge in [0.2, 0.25) is 0 Å². The monoisotopic (exact) mass is 429 g/mol. The van der Waals surface area contributed by atoms with Crippen LogP contribution in [0.1, 0.15) is 5.56 Å². The largest absolute Gasteiger partial charge is 0.465 e. The summed E-state index contributed by atoms with van der Waals surface area (Å²) >= 11 is 0. The van der Waals surface area contributed by atoms with Gasteiger partial charge in [0.15, 0.2) is 23.3 Å². The number of fused-ring (bicyclic) bond motifs is 1. The number of nitrogens with one attached hydrogen (secondary N) is 1. The molecule has 0 aliphatic rings. The van der Waals surface area contributed by atoms with Gasteiger partial charge in [-0.3, -0.25) is 10.00 Å². The Morgan fingerprint density at radius 1 is 1.06 bits per heavy atom. The van der Waals surface area contributed by atoms with E-state index in [-0.39, 0.29) is 51.9 Å². The molecule has 0 fully saturated rings. The van der Waals surface area contributed by atoms with Crippen molar-refractivity contribution in [2.24, 2.45) is 0 Å². The van der Waals surface area contributed by atoms with Crippen molar-refractivity contribution in [3.8, 4) is 11.5 Å². The van der Waals surface area contributed by atoms with Gasteiger partial charge in [-0.05, 0) is 12.1 Å². The normalized spacial score (nSPS) is 11.1. The van der Waals surface area contributed by atoms with Crippen molar-refractivity contribution in [1.29, 1.82) is 0 Å². The highest BCUT2D eigenvalue weighted by molar-refractivity contribution is 5.95. The molecule has 4 rings (SSSR count). The topological polar surface area (TPSA) is 145 Å². The zero-order valence-electron chi connectivity index (χ0n) is 15.6. The lowest BCUT2D eigenvalue weighted by atomic mass is 10.1. The molecule has 6 N–H and O–H groups in total. The molecule has 12 heteroatoms. The van der Waals surface area contributed by atoms with Crippen molar-refractivity contribution in [2.45, 2.75) is 6.54 Å². The quantitative estimate of drug-likeness (QED) is 0.390. The number of hydrogen-bond acceptors (Lipinski definition) is 6. The van der Waals surface area contributed by atoms with Gasteiger partial charge in [0.25, 0.3) is 0 Å². The first-order valence-electron chi connectivity index (χ1n) is 8.77. The highest BCUT2D eigenvalue weighted by Crippen LogP contribution is 2.32. The molecular formula is C19H14F3N7O2. The Morgan fingerprint density at radius 3 is 2.39 bits per heavy atom. The number of rotatable bonds is 4. The standard InChI is InChI=1S/C19H14F3N7O2/c20-9-5-10-13(18-26-16(23)14(17(24)27-18)25-19(30)31)28-29(15(10)12(22)6-9)7-8-3-1-2-4-11(8)21/h1-6,25H,7H2,(H,30,31)(H4,23,24,26,27). The van der Waals surface area contributed by atoms with Crippen molar-refractivity contribution >= 4 is 34.3 Å². The summed E-state index contributed by atoms with van der Waals surface area (Å²) in [6, 6.07) is 7.57. The van der Waals surface area contributed by atoms with Crippen LogP contribution in [-0.2, 0) is 6.54 Å². The second-order valence-corrected chi connectivity index (χ2v) is 6.50. The molecule has 0 aliphatic heterocycles. The second kappa shape index (κ2) is 7.48. The van der Waals surface area contributed by atoms with Crippen LogP contribution in [0.15, 0.2) is 36.4 Å². The van der Waals surface area contributed by atoms with Crippen molar-refractivity contribution in [1.82, 2.24) is 19.7 Å². The summed E-state index contributed by atoms with van der Waals surface area (Å²) in [5.74, 6) is -3.12. The van der Waals surface area contributed by atoms with Crippen molar-refractivity contribution in [3.05, 3.63) is 59.4 Å². The number of benzene rings is 2. The average molecular weight is 429 g/mol. The Balaban J connectivity index is 1.91. The highest BCUT2D eigenvalue weighted by atomic mass is 19.1. The molecule has 4 aromatic rings. The first kappa shape index (κ1) is 19.9. The summed E-state index contributed by atoms with van der Waals surface area (Å²) < 4.78 is 43.9. The second-order valence-electron chi connectivity index (χ2n) is 6.50. The molecule has 0 bridgehead atoms. The summed E-state index contributed by atoms with van der Waals surface area (Å²) in [6.07, 6.45) is -1.43. The lowest BCUT2D eigenvalue weighted by Gasteiger charge is -2.08. The van der Waals surface area contributed by atoms with E-state index in [0.29, 0.717) is 6.07 Å². The van der Waals surface area contributed by atoms with Crippen LogP contribution in [-0.4, -0.2) is 30.9 Å². The zero-order chi connectivity index (χ0) is 22.3. The van der Waals surface area contributed by atoms with Crippen molar-refractivity contribution in [2.75, 3.05) is 16.8 Å². The van der Waals surface area contributed by atoms with E-state index in [0.717, 1.165) is 10.7 Å². The fourth-order valence-electron chi connectivity index (χ4n) is 3.14. The summed E-state index contributed by atoms with van der Waals surface area (Å²) in [5, 5.41) is 15.1. The van der Waals surface area contributed by atoms with Gasteiger partial charge in [0, 0.05) is 17.0 Å². The molecule has 158 valence electrons. The van der Waals surface area contributed by atoms with Crippen LogP contribution in [0.3, 0.4) is 0 Å². The maximum Gasteiger partial charge on any atom is 0.409 e. The molecule has 0 spiro atoms. The molecule has 0 aliphatic carbocycles. The summed E-state index contributed by atoms with van der Waals surface area (Å²) in [6.45, 7) is -0.157. The Hall–Kier alpha value is -4.35. The average Bonchev–Trinajstić information content (AvgIpc) is 3.04. The van der Waals surface area contributed by atoms with Gasteiger partial charge >= 0.3 is 6.09 Å². The van der Waals surface area contributed by atoms with E-state index in [2.05, 4.69) is 15.1 Å². The van der Waals surface area contributed by atoms with E-state index in [4.69, 9.17) is 16.6 Å². The third kappa shape index (κ3) is 3.66. The van der Waals surface area contributed by atoms with Crippen LogP contribution in [0.25, 0.3) is 22.4 Å². The van der Waals surface area contributed by atoms with Crippen LogP contribution in [0.2, 0.25) is 0 Å². The van der Waals surface area contributed by atoms with E-state index in [9.17, 15) is 18.0 Å². The lowest BCUT2D eigenvalue weighted by Crippen LogP contribution is -2.14. The van der Waals surface area contributed by atoms with Crippen LogP contribution in [0, 0.1) is 17.5 Å². The maximum atomic E-state index is 14.6. The van der Waals surface area contributed by atoms with E-state index >= 15 is 0 Å². The van der Waals surface area contributed by atoms with Gasteiger partial charge in [-0.25, -0.2) is 27.9 Å². The molecule has 0 atom stereocenters. The van der Waals surface area contributed by atoms with Gasteiger partial charge in [-0.1, -0.05) is 18.2 Å². The van der Waals surface area contributed by atoms with E-state index < -0.39 is 23.5 Å². The predicted octanol–water partition coefficient (Wildman–Crippen LogP) is 3.21. The fourth-order valence-corrected chi connectivity index (χ4v) is 3.14. The van der Waals surface area contributed by atoms with Gasteiger partial charge < -0.3 is 16.6 Å². The van der Waals surface area contributed by atoms with Crippen LogP contribution in [0.4, 0.5) is 35.3 Å². The number of hydrogen-bond donors (Lipinski definition) is 4. The first-order chi connectivity index (χ1) is 14.7. The molecule has 2 heterocycles. The number of carboxylic acid groups (broad SMARTS) is 1. The van der Waals surface area contributed by atoms with Crippen LogP contribution >= 0.6 is 0 Å². The van der Waals surface area contributed by atoms with Gasteiger partial charge in [0.05, 0.1) is 6.54 Å². The molecule has 0 saturated carbocycles. The van der Waals surface area contributed by atoms with Gasteiger partial charge in [-0.15, -0.1) is 0 Å². The number of nitrogen functional groups attached to an aromatic ring is 2. The number of nitrogens with zero attached hydrogens (tertiary/aromatic N) is 4. The van der Waals surface area contributed by atoms with Gasteiger partial charge in [0.1, 0.15) is 28.5 Å². The number of carbonyl (C=O) groups is 1. The predicted molar refractivity (Wildman–Crippen MR) is 107 cm³/mol. The molecule has 0 radical (unpaired) electrons. The van der Waals surface area contributed by atoms with Crippen LogP contribution < -0.4 is 16.8 Å². The Morgan fingerprint density at radius 2 is 1.74 bits per heavy atom. The minimum atomic E-state index is -1.43. The Labute approximate surface area is 172 Å². The molecule has 9 nitrogen and oxygen atoms in total. The highest BCUT2D eigenvalue weighted by Gasteiger charge is 2.22. The smallest absolute Gasteiger partial charge is 0.409 e. The number of nitrogens with two attached hydrogens (primary N) is 2. The molecular weight excluding hydrogens is 415 g/mol.